The van der Waals surface area contributed by atoms with Gasteiger partial charge in [-0.2, -0.15) is 0 Å². The Morgan fingerprint density at radius 3 is 2.53 bits per heavy atom. The van der Waals surface area contributed by atoms with Crippen LogP contribution in [-0.4, -0.2) is 39.8 Å². The van der Waals surface area contributed by atoms with Crippen molar-refractivity contribution in [3.63, 3.8) is 0 Å². The Kier molecular flexibility index (Phi) is 8.30. The van der Waals surface area contributed by atoms with Crippen LogP contribution in [0.3, 0.4) is 0 Å². The Hall–Kier alpha value is -2.52. The second kappa shape index (κ2) is 10.8. The van der Waals surface area contributed by atoms with Gasteiger partial charge in [0.05, 0.1) is 22.9 Å². The SMILES string of the molecule is CCCCC1(CC)CC(c2ccccc2)c2cc(N(C)C)c(O/C=C/C(=O)O)cc2S(O)(O)N1. The summed E-state index contributed by atoms with van der Waals surface area (Å²) in [5.41, 5.74) is 2.23. The maximum atomic E-state index is 11.5. The van der Waals surface area contributed by atoms with Crippen LogP contribution in [0, 0.1) is 0 Å². The standard InChI is InChI=1S/C26H36N2O5S/c1-5-7-14-26(6-2)18-21(19-11-9-8-10-12-19)20-16-22(28(3)4)23(33-15-13-25(29)30)17-24(20)34(31,32)27-26/h8-13,15-17,21,27,31-32H,5-7,14,18H2,1-4H3,(H,29,30)/b15-13+. The van der Waals surface area contributed by atoms with Crippen molar-refractivity contribution in [1.29, 1.82) is 0 Å². The Balaban J connectivity index is 2.24. The molecule has 1 heterocycles. The zero-order valence-corrected chi connectivity index (χ0v) is 21.1. The minimum absolute atomic E-state index is 0.0588. The van der Waals surface area contributed by atoms with E-state index < -0.39 is 22.3 Å². The summed E-state index contributed by atoms with van der Waals surface area (Å²) in [6.45, 7) is 4.23. The largest absolute Gasteiger partial charge is 0.478 e. The number of ether oxygens (including phenoxy) is 1. The molecule has 0 saturated carbocycles. The van der Waals surface area contributed by atoms with Crippen LogP contribution in [0.15, 0.2) is 59.7 Å². The van der Waals surface area contributed by atoms with Crippen molar-refractivity contribution in [2.24, 2.45) is 0 Å². The van der Waals surface area contributed by atoms with Crippen LogP contribution in [-0.2, 0) is 4.79 Å². The van der Waals surface area contributed by atoms with Gasteiger partial charge in [0.1, 0.15) is 0 Å². The fourth-order valence-corrected chi connectivity index (χ4v) is 6.48. The number of fused-ring (bicyclic) bond motifs is 1. The van der Waals surface area contributed by atoms with Crippen LogP contribution in [0.4, 0.5) is 5.69 Å². The predicted octanol–water partition coefficient (Wildman–Crippen LogP) is 6.22. The summed E-state index contributed by atoms with van der Waals surface area (Å²) in [5.74, 6) is -0.830. The summed E-state index contributed by atoms with van der Waals surface area (Å²) in [4.78, 5) is 13.2. The van der Waals surface area contributed by atoms with E-state index in [4.69, 9.17) is 9.84 Å². The number of anilines is 1. The second-order valence-corrected chi connectivity index (χ2v) is 10.8. The fourth-order valence-electron chi connectivity index (χ4n) is 4.64. The maximum Gasteiger partial charge on any atom is 0.331 e. The number of nitrogens with one attached hydrogen (secondary N) is 1. The lowest BCUT2D eigenvalue weighted by Crippen LogP contribution is -2.45. The van der Waals surface area contributed by atoms with E-state index in [1.807, 2.05) is 43.3 Å². The maximum absolute atomic E-state index is 11.5. The molecule has 2 aromatic rings. The highest BCUT2D eigenvalue weighted by Gasteiger charge is 2.42. The van der Waals surface area contributed by atoms with Gasteiger partial charge in [-0.3, -0.25) is 9.11 Å². The van der Waals surface area contributed by atoms with E-state index in [0.717, 1.165) is 61.3 Å². The van der Waals surface area contributed by atoms with Crippen LogP contribution >= 0.6 is 10.8 Å². The highest BCUT2D eigenvalue weighted by molar-refractivity contribution is 8.22. The van der Waals surface area contributed by atoms with Crippen molar-refractivity contribution < 1.29 is 23.7 Å². The van der Waals surface area contributed by atoms with Crippen LogP contribution < -0.4 is 14.4 Å². The molecule has 0 bridgehead atoms. The van der Waals surface area contributed by atoms with Gasteiger partial charge in [0.25, 0.3) is 0 Å². The second-order valence-electron chi connectivity index (χ2n) is 9.07. The molecule has 3 rings (SSSR count). The summed E-state index contributed by atoms with van der Waals surface area (Å²) >= 11 is 0. The summed E-state index contributed by atoms with van der Waals surface area (Å²) < 4.78 is 31.8. The molecular weight excluding hydrogens is 452 g/mol. The molecule has 34 heavy (non-hydrogen) atoms. The summed E-state index contributed by atoms with van der Waals surface area (Å²) in [7, 11) is 0.380. The van der Waals surface area contributed by atoms with E-state index in [9.17, 15) is 13.9 Å². The molecule has 8 heteroatoms. The number of carbonyl (C=O) groups is 1. The topological polar surface area (TPSA) is 102 Å². The van der Waals surface area contributed by atoms with Crippen molar-refractivity contribution >= 4 is 22.4 Å². The van der Waals surface area contributed by atoms with Crippen molar-refractivity contribution in [1.82, 2.24) is 4.72 Å². The average Bonchev–Trinajstić information content (AvgIpc) is 2.90. The molecule has 0 fully saturated rings. The molecule has 7 nitrogen and oxygen atoms in total. The first-order valence-electron chi connectivity index (χ1n) is 11.7. The molecule has 0 amide bonds. The molecule has 1 aliphatic rings. The van der Waals surface area contributed by atoms with Crippen molar-refractivity contribution in [2.75, 3.05) is 19.0 Å². The number of unbranched alkanes of at least 4 members (excludes halogenated alkanes) is 1. The first-order chi connectivity index (χ1) is 16.1. The normalized spacial score (nSPS) is 22.6. The molecule has 0 aliphatic carbocycles. The van der Waals surface area contributed by atoms with Gasteiger partial charge in [0.15, 0.2) is 5.75 Å². The third kappa shape index (κ3) is 5.75. The molecule has 0 saturated heterocycles. The summed E-state index contributed by atoms with van der Waals surface area (Å²) in [6.07, 6.45) is 6.31. The Labute approximate surface area is 203 Å². The van der Waals surface area contributed by atoms with Crippen molar-refractivity contribution in [2.45, 2.75) is 62.3 Å². The lowest BCUT2D eigenvalue weighted by atomic mass is 9.76. The number of nitrogens with zero attached hydrogens (tertiary/aromatic N) is 1. The van der Waals surface area contributed by atoms with Crippen molar-refractivity contribution in [3.8, 4) is 5.75 Å². The number of benzene rings is 2. The van der Waals surface area contributed by atoms with Gasteiger partial charge >= 0.3 is 5.97 Å². The van der Waals surface area contributed by atoms with Crippen LogP contribution in [0.1, 0.15) is 63.0 Å². The molecule has 2 atom stereocenters. The van der Waals surface area contributed by atoms with E-state index in [1.54, 1.807) is 6.07 Å². The highest BCUT2D eigenvalue weighted by atomic mass is 32.3. The van der Waals surface area contributed by atoms with E-state index in [2.05, 4.69) is 30.7 Å². The minimum Gasteiger partial charge on any atom is -0.478 e. The lowest BCUT2D eigenvalue weighted by molar-refractivity contribution is -0.131. The Bertz CT molecular complexity index is 1030. The monoisotopic (exact) mass is 488 g/mol. The Morgan fingerprint density at radius 1 is 1.24 bits per heavy atom. The molecule has 4 N–H and O–H groups in total. The highest BCUT2D eigenvalue weighted by Crippen LogP contribution is 2.58. The van der Waals surface area contributed by atoms with Gasteiger partial charge < -0.3 is 14.7 Å². The summed E-state index contributed by atoms with van der Waals surface area (Å²) in [6, 6.07) is 13.7. The third-order valence-corrected chi connectivity index (χ3v) is 8.19. The molecule has 2 unspecified atom stereocenters. The van der Waals surface area contributed by atoms with Gasteiger partial charge in [0.2, 0.25) is 0 Å². The van der Waals surface area contributed by atoms with Crippen LogP contribution in [0.25, 0.3) is 0 Å². The van der Waals surface area contributed by atoms with E-state index in [-0.39, 0.29) is 5.92 Å². The van der Waals surface area contributed by atoms with E-state index >= 15 is 0 Å². The first kappa shape index (κ1) is 26.1. The van der Waals surface area contributed by atoms with Gasteiger partial charge in [-0.05, 0) is 36.5 Å². The number of carboxylic acid groups (broad SMARTS) is 1. The smallest absolute Gasteiger partial charge is 0.331 e. The van der Waals surface area contributed by atoms with Gasteiger partial charge in [-0.15, -0.1) is 10.8 Å². The average molecular weight is 489 g/mol. The minimum atomic E-state index is -3.36. The zero-order valence-electron chi connectivity index (χ0n) is 20.3. The van der Waals surface area contributed by atoms with Crippen LogP contribution in [0.5, 0.6) is 5.75 Å². The summed E-state index contributed by atoms with van der Waals surface area (Å²) in [5, 5.41) is 8.94. The van der Waals surface area contributed by atoms with Gasteiger partial charge in [-0.1, -0.05) is 57.0 Å². The predicted molar refractivity (Wildman–Crippen MR) is 138 cm³/mol. The molecule has 186 valence electrons. The third-order valence-electron chi connectivity index (χ3n) is 6.50. The van der Waals surface area contributed by atoms with Gasteiger partial charge in [0, 0.05) is 31.6 Å². The molecule has 0 spiro atoms. The Morgan fingerprint density at radius 2 is 1.94 bits per heavy atom. The lowest BCUT2D eigenvalue weighted by Gasteiger charge is -2.43. The first-order valence-corrected chi connectivity index (χ1v) is 13.2. The van der Waals surface area contributed by atoms with E-state index in [0.29, 0.717) is 10.6 Å². The fraction of sp³-hybridized carbons (Fsp3) is 0.423. The number of aliphatic carboxylic acids is 1. The quantitative estimate of drug-likeness (QED) is 0.245. The number of hydrogen-bond acceptors (Lipinski definition) is 6. The molecular formula is C26H36N2O5S. The van der Waals surface area contributed by atoms with Crippen LogP contribution in [0.2, 0.25) is 0 Å². The van der Waals surface area contributed by atoms with Crippen molar-refractivity contribution in [3.05, 3.63) is 65.9 Å². The molecule has 1 aliphatic heterocycles. The van der Waals surface area contributed by atoms with Gasteiger partial charge in [-0.25, -0.2) is 9.52 Å². The number of rotatable bonds is 9. The molecule has 2 aromatic carbocycles. The molecule has 0 aromatic heterocycles. The number of hydrogen-bond donors (Lipinski definition) is 4. The van der Waals surface area contributed by atoms with E-state index in [1.165, 1.54) is 0 Å². The zero-order chi connectivity index (χ0) is 24.9. The molecule has 0 radical (unpaired) electrons. The number of carboxylic acids is 1.